The monoisotopic (exact) mass is 415 g/mol. The number of rotatable bonds is 7. The number of aliphatic hydroxyl groups excluding tert-OH is 2. The van der Waals surface area contributed by atoms with E-state index < -0.39 is 60.7 Å². The third kappa shape index (κ3) is 6.31. The number of carbonyl (C=O) groups is 3. The van der Waals surface area contributed by atoms with Crippen LogP contribution < -0.4 is 16.4 Å². The van der Waals surface area contributed by atoms with Gasteiger partial charge in [0.25, 0.3) is 0 Å². The van der Waals surface area contributed by atoms with Crippen LogP contribution in [0.15, 0.2) is 11.8 Å². The second kappa shape index (κ2) is 10.4. The fourth-order valence-corrected chi connectivity index (χ4v) is 3.60. The number of ether oxygens (including phenoxy) is 2. The molecule has 0 aromatic heterocycles. The Bertz CT molecular complexity index is 635. The second-order valence-electron chi connectivity index (χ2n) is 7.32. The highest BCUT2D eigenvalue weighted by molar-refractivity contribution is 5.84. The van der Waals surface area contributed by atoms with Gasteiger partial charge < -0.3 is 41.2 Å². The Hall–Kier alpha value is -2.37. The number of aliphatic hydroxyl groups is 2. The van der Waals surface area contributed by atoms with E-state index in [2.05, 4.69) is 10.6 Å². The van der Waals surface area contributed by atoms with Crippen molar-refractivity contribution in [3.63, 3.8) is 0 Å². The number of carboxylic acid groups (broad SMARTS) is 1. The van der Waals surface area contributed by atoms with E-state index in [9.17, 15) is 29.7 Å². The highest BCUT2D eigenvalue weighted by Gasteiger charge is 2.45. The van der Waals surface area contributed by atoms with E-state index in [1.54, 1.807) is 0 Å². The summed E-state index contributed by atoms with van der Waals surface area (Å²) in [5.74, 6) is -2.39. The largest absolute Gasteiger partial charge is 0.477 e. The van der Waals surface area contributed by atoms with E-state index in [-0.39, 0.29) is 6.04 Å². The highest BCUT2D eigenvalue weighted by Crippen LogP contribution is 2.24. The molecule has 0 aromatic carbocycles. The molecule has 1 aliphatic carbocycles. The van der Waals surface area contributed by atoms with Crippen LogP contribution in [0.3, 0.4) is 0 Å². The van der Waals surface area contributed by atoms with Crippen molar-refractivity contribution >= 4 is 18.0 Å². The van der Waals surface area contributed by atoms with Crippen LogP contribution in [0.2, 0.25) is 0 Å². The molecule has 0 spiro atoms. The zero-order chi connectivity index (χ0) is 21.6. The number of alkyl carbamates (subject to hydrolysis) is 1. The highest BCUT2D eigenvalue weighted by atomic mass is 16.6. The third-order valence-corrected chi connectivity index (χ3v) is 5.02. The molecule has 0 bridgehead atoms. The summed E-state index contributed by atoms with van der Waals surface area (Å²) in [5.41, 5.74) is 5.97. The lowest BCUT2D eigenvalue weighted by molar-refractivity contribution is -0.146. The van der Waals surface area contributed by atoms with Gasteiger partial charge in [0.2, 0.25) is 11.7 Å². The number of hydrogen-bond donors (Lipinski definition) is 6. The first-order chi connectivity index (χ1) is 13.7. The fourth-order valence-electron chi connectivity index (χ4n) is 3.60. The minimum absolute atomic E-state index is 0.0710. The third-order valence-electron chi connectivity index (χ3n) is 5.02. The molecule has 1 saturated carbocycles. The van der Waals surface area contributed by atoms with Crippen molar-refractivity contribution in [3.8, 4) is 0 Å². The Morgan fingerprint density at radius 3 is 2.48 bits per heavy atom. The summed E-state index contributed by atoms with van der Waals surface area (Å²) in [5, 5.41) is 34.1. The minimum atomic E-state index is -1.59. The summed E-state index contributed by atoms with van der Waals surface area (Å²) < 4.78 is 10.7. The average Bonchev–Trinajstić information content (AvgIpc) is 2.67. The SMILES string of the molecule is CC(=O)N[C@@H]1[C@@H](N)C=C(C(=O)O)O[C@H]1C(OC(=O)NC1CCCCC1)C(O)CO. The first-order valence-electron chi connectivity index (χ1n) is 9.63. The lowest BCUT2D eigenvalue weighted by atomic mass is 9.92. The van der Waals surface area contributed by atoms with E-state index in [4.69, 9.17) is 15.2 Å². The van der Waals surface area contributed by atoms with Crippen LogP contribution in [0.4, 0.5) is 4.79 Å². The molecule has 2 unspecified atom stereocenters. The maximum absolute atomic E-state index is 12.4. The zero-order valence-corrected chi connectivity index (χ0v) is 16.2. The molecule has 0 saturated heterocycles. The van der Waals surface area contributed by atoms with Crippen molar-refractivity contribution in [1.29, 1.82) is 0 Å². The standard InChI is InChI=1S/C18H29N3O8/c1-9(23)20-14-11(19)7-13(17(25)26)28-16(14)15(12(24)8-22)29-18(27)21-10-5-3-2-4-6-10/h7,10-12,14-16,22,24H,2-6,8,19H2,1H3,(H,20,23)(H,21,27)(H,25,26)/t11-,12?,14+,15?,16+/m0/s1. The Labute approximate surface area is 168 Å². The summed E-state index contributed by atoms with van der Waals surface area (Å²) in [6.07, 6.45) is 0.532. The Kier molecular flexibility index (Phi) is 8.23. The van der Waals surface area contributed by atoms with Gasteiger partial charge in [-0.1, -0.05) is 19.3 Å². The molecule has 2 rings (SSSR count). The molecule has 29 heavy (non-hydrogen) atoms. The molecule has 1 fully saturated rings. The summed E-state index contributed by atoms with van der Waals surface area (Å²) in [6, 6.07) is -2.05. The van der Waals surface area contributed by atoms with Crippen molar-refractivity contribution in [2.45, 2.75) is 75.5 Å². The normalized spacial score (nSPS) is 27.0. The predicted octanol–water partition coefficient (Wildman–Crippen LogP) is -1.03. The van der Waals surface area contributed by atoms with Crippen LogP contribution in [0, 0.1) is 0 Å². The van der Waals surface area contributed by atoms with E-state index in [1.165, 1.54) is 6.92 Å². The molecular formula is C18H29N3O8. The van der Waals surface area contributed by atoms with Gasteiger partial charge in [0.15, 0.2) is 12.2 Å². The van der Waals surface area contributed by atoms with E-state index in [0.29, 0.717) is 0 Å². The summed E-state index contributed by atoms with van der Waals surface area (Å²) in [6.45, 7) is 0.448. The molecule has 5 atom stereocenters. The molecule has 1 heterocycles. The van der Waals surface area contributed by atoms with Crippen LogP contribution in [0.25, 0.3) is 0 Å². The Morgan fingerprint density at radius 1 is 1.28 bits per heavy atom. The number of carbonyl (C=O) groups excluding carboxylic acids is 2. The van der Waals surface area contributed by atoms with Crippen LogP contribution in [-0.2, 0) is 19.1 Å². The molecule has 2 aliphatic rings. The number of carboxylic acids is 1. The van der Waals surface area contributed by atoms with Crippen molar-refractivity contribution in [2.75, 3.05) is 6.61 Å². The number of nitrogens with two attached hydrogens (primary N) is 1. The number of hydrogen-bond acceptors (Lipinski definition) is 8. The van der Waals surface area contributed by atoms with E-state index >= 15 is 0 Å². The van der Waals surface area contributed by atoms with Gasteiger partial charge in [0.05, 0.1) is 18.7 Å². The van der Waals surface area contributed by atoms with Crippen molar-refractivity contribution < 1.29 is 39.2 Å². The maximum Gasteiger partial charge on any atom is 0.407 e. The summed E-state index contributed by atoms with van der Waals surface area (Å²) >= 11 is 0. The molecule has 11 nitrogen and oxygen atoms in total. The van der Waals surface area contributed by atoms with Gasteiger partial charge in [-0.3, -0.25) is 4.79 Å². The number of nitrogens with one attached hydrogen (secondary N) is 2. The van der Waals surface area contributed by atoms with Gasteiger partial charge in [0.1, 0.15) is 6.10 Å². The molecule has 7 N–H and O–H groups in total. The van der Waals surface area contributed by atoms with Gasteiger partial charge in [-0.2, -0.15) is 0 Å². The second-order valence-corrected chi connectivity index (χ2v) is 7.32. The van der Waals surface area contributed by atoms with Crippen molar-refractivity contribution in [1.82, 2.24) is 10.6 Å². The zero-order valence-electron chi connectivity index (χ0n) is 16.2. The predicted molar refractivity (Wildman–Crippen MR) is 99.5 cm³/mol. The smallest absolute Gasteiger partial charge is 0.407 e. The van der Waals surface area contributed by atoms with E-state index in [1.807, 2.05) is 0 Å². The quantitative estimate of drug-likeness (QED) is 0.303. The molecule has 0 radical (unpaired) electrons. The summed E-state index contributed by atoms with van der Waals surface area (Å²) in [4.78, 5) is 35.3. The topological polar surface area (TPSA) is 180 Å². The fraction of sp³-hybridized carbons (Fsp3) is 0.722. The van der Waals surface area contributed by atoms with Crippen LogP contribution >= 0.6 is 0 Å². The number of amides is 2. The number of aliphatic carboxylic acids is 1. The van der Waals surface area contributed by atoms with Gasteiger partial charge in [0, 0.05) is 13.0 Å². The molecular weight excluding hydrogens is 386 g/mol. The lowest BCUT2D eigenvalue weighted by Gasteiger charge is -2.40. The molecule has 164 valence electrons. The maximum atomic E-state index is 12.4. The van der Waals surface area contributed by atoms with Gasteiger partial charge >= 0.3 is 12.1 Å². The van der Waals surface area contributed by atoms with Crippen LogP contribution in [0.5, 0.6) is 0 Å². The molecule has 11 heteroatoms. The van der Waals surface area contributed by atoms with Crippen molar-refractivity contribution in [2.24, 2.45) is 5.73 Å². The minimum Gasteiger partial charge on any atom is -0.477 e. The first-order valence-corrected chi connectivity index (χ1v) is 9.63. The van der Waals surface area contributed by atoms with Gasteiger partial charge in [-0.15, -0.1) is 0 Å². The summed E-state index contributed by atoms with van der Waals surface area (Å²) in [7, 11) is 0. The molecule has 1 aliphatic heterocycles. The average molecular weight is 415 g/mol. The van der Waals surface area contributed by atoms with E-state index in [0.717, 1.165) is 38.2 Å². The van der Waals surface area contributed by atoms with Crippen LogP contribution in [-0.4, -0.2) is 76.3 Å². The Balaban J connectivity index is 2.21. The van der Waals surface area contributed by atoms with Gasteiger partial charge in [-0.05, 0) is 18.9 Å². The van der Waals surface area contributed by atoms with Gasteiger partial charge in [-0.25, -0.2) is 9.59 Å². The van der Waals surface area contributed by atoms with Crippen LogP contribution in [0.1, 0.15) is 39.0 Å². The molecule has 2 amide bonds. The lowest BCUT2D eigenvalue weighted by Crippen LogP contribution is -2.63. The van der Waals surface area contributed by atoms with Crippen molar-refractivity contribution in [3.05, 3.63) is 11.8 Å². The Morgan fingerprint density at radius 2 is 1.93 bits per heavy atom. The molecule has 0 aromatic rings. The first kappa shape index (κ1) is 22.9.